The molecule has 5 atom stereocenters. The molecule has 0 saturated heterocycles. The number of allylic oxidation sites excluding steroid dienone is 22. The number of hydrogen-bond acceptors (Lipinski definition) is 15. The van der Waals surface area contributed by atoms with E-state index in [9.17, 15) is 43.2 Å². The fourth-order valence-electron chi connectivity index (χ4n) is 10.1. The van der Waals surface area contributed by atoms with E-state index in [1.165, 1.54) is 38.5 Å². The van der Waals surface area contributed by atoms with Crippen LogP contribution in [0.3, 0.4) is 0 Å². The highest BCUT2D eigenvalue weighted by molar-refractivity contribution is 7.47. The molecular formula is C83H140O17P2. The van der Waals surface area contributed by atoms with Crippen LogP contribution in [-0.2, 0) is 65.4 Å². The highest BCUT2D eigenvalue weighted by Crippen LogP contribution is 2.45. The molecule has 0 spiro atoms. The van der Waals surface area contributed by atoms with Crippen LogP contribution in [0.1, 0.15) is 310 Å². The zero-order valence-corrected chi connectivity index (χ0v) is 65.5. The number of esters is 4. The molecule has 0 fully saturated rings. The van der Waals surface area contributed by atoms with Crippen molar-refractivity contribution in [2.24, 2.45) is 0 Å². The maximum Gasteiger partial charge on any atom is 0.472 e. The average Bonchev–Trinajstić information content (AvgIpc) is 0.940. The molecule has 17 nitrogen and oxygen atoms in total. The first-order chi connectivity index (χ1) is 49.7. The van der Waals surface area contributed by atoms with Crippen molar-refractivity contribution in [1.82, 2.24) is 0 Å². The number of aliphatic hydroxyl groups is 1. The summed E-state index contributed by atoms with van der Waals surface area (Å²) in [5, 5.41) is 10.6. The molecule has 0 amide bonds. The maximum atomic E-state index is 13.1. The van der Waals surface area contributed by atoms with E-state index in [4.69, 9.17) is 37.0 Å². The van der Waals surface area contributed by atoms with Crippen LogP contribution in [0.2, 0.25) is 0 Å². The lowest BCUT2D eigenvalue weighted by Crippen LogP contribution is -2.30. The number of ether oxygens (including phenoxy) is 4. The molecule has 0 aliphatic rings. The number of rotatable bonds is 73. The van der Waals surface area contributed by atoms with Gasteiger partial charge in [-0.05, 0) is 154 Å². The molecule has 0 aliphatic carbocycles. The largest absolute Gasteiger partial charge is 0.472 e. The number of phosphoric ester groups is 2. The Bertz CT molecular complexity index is 2460. The number of hydrogen-bond donors (Lipinski definition) is 3. The fourth-order valence-corrected chi connectivity index (χ4v) is 11.7. The Balaban J connectivity index is 5.40. The van der Waals surface area contributed by atoms with Crippen LogP contribution in [-0.4, -0.2) is 96.7 Å². The Morgan fingerprint density at radius 2 is 0.520 bits per heavy atom. The molecule has 0 rings (SSSR count). The summed E-state index contributed by atoms with van der Waals surface area (Å²) in [5.74, 6) is -2.25. The summed E-state index contributed by atoms with van der Waals surface area (Å²) >= 11 is 0. The van der Waals surface area contributed by atoms with Gasteiger partial charge in [-0.25, -0.2) is 9.13 Å². The Hall–Kier alpha value is -4.80. The van der Waals surface area contributed by atoms with Gasteiger partial charge in [0, 0.05) is 25.7 Å². The lowest BCUT2D eigenvalue weighted by atomic mass is 10.1. The van der Waals surface area contributed by atoms with Crippen molar-refractivity contribution in [1.29, 1.82) is 0 Å². The Labute approximate surface area is 618 Å². The molecule has 102 heavy (non-hydrogen) atoms. The van der Waals surface area contributed by atoms with Crippen LogP contribution in [0.15, 0.2) is 134 Å². The van der Waals surface area contributed by atoms with E-state index in [0.29, 0.717) is 25.7 Å². The summed E-state index contributed by atoms with van der Waals surface area (Å²) in [5.41, 5.74) is 0. The number of phosphoric acid groups is 2. The summed E-state index contributed by atoms with van der Waals surface area (Å²) in [4.78, 5) is 72.9. The second-order valence-corrected chi connectivity index (χ2v) is 28.8. The van der Waals surface area contributed by atoms with Gasteiger partial charge in [-0.15, -0.1) is 0 Å². The van der Waals surface area contributed by atoms with Crippen molar-refractivity contribution in [2.75, 3.05) is 39.6 Å². The monoisotopic (exact) mass is 1470 g/mol. The first kappa shape index (κ1) is 97.2. The lowest BCUT2D eigenvalue weighted by molar-refractivity contribution is -0.161. The van der Waals surface area contributed by atoms with E-state index in [2.05, 4.69) is 161 Å². The van der Waals surface area contributed by atoms with Crippen molar-refractivity contribution in [3.63, 3.8) is 0 Å². The van der Waals surface area contributed by atoms with E-state index in [-0.39, 0.29) is 25.7 Å². The van der Waals surface area contributed by atoms with Crippen LogP contribution in [0.25, 0.3) is 0 Å². The number of aliphatic hydroxyl groups excluding tert-OH is 1. The predicted molar refractivity (Wildman–Crippen MR) is 418 cm³/mol. The van der Waals surface area contributed by atoms with Gasteiger partial charge in [-0.1, -0.05) is 264 Å². The van der Waals surface area contributed by atoms with E-state index >= 15 is 0 Å². The molecule has 0 bridgehead atoms. The zero-order chi connectivity index (χ0) is 74.6. The first-order valence-corrected chi connectivity index (χ1v) is 42.4. The molecule has 0 aliphatic heterocycles. The summed E-state index contributed by atoms with van der Waals surface area (Å²) in [6.45, 7) is 4.52. The van der Waals surface area contributed by atoms with Gasteiger partial charge in [-0.3, -0.25) is 37.3 Å². The molecule has 0 saturated carbocycles. The number of carbonyl (C=O) groups is 4. The minimum Gasteiger partial charge on any atom is -0.462 e. The molecule has 0 aromatic rings. The Morgan fingerprint density at radius 3 is 0.833 bits per heavy atom. The zero-order valence-electron chi connectivity index (χ0n) is 63.7. The van der Waals surface area contributed by atoms with Gasteiger partial charge in [-0.2, -0.15) is 0 Å². The van der Waals surface area contributed by atoms with E-state index in [1.807, 2.05) is 0 Å². The molecule has 3 N–H and O–H groups in total. The first-order valence-electron chi connectivity index (χ1n) is 39.4. The molecule has 0 aromatic carbocycles. The van der Waals surface area contributed by atoms with Crippen LogP contribution in [0.4, 0.5) is 0 Å². The normalized spacial score (nSPS) is 14.6. The van der Waals surface area contributed by atoms with Gasteiger partial charge < -0.3 is 33.8 Å². The minimum atomic E-state index is -4.99. The van der Waals surface area contributed by atoms with Gasteiger partial charge in [0.1, 0.15) is 19.3 Å². The topological polar surface area (TPSA) is 237 Å². The molecule has 19 heteroatoms. The second kappa shape index (κ2) is 74.5. The highest BCUT2D eigenvalue weighted by atomic mass is 31.2. The third-order valence-electron chi connectivity index (χ3n) is 16.1. The molecule has 5 unspecified atom stereocenters. The quantitative estimate of drug-likeness (QED) is 0.0169. The van der Waals surface area contributed by atoms with E-state index in [0.717, 1.165) is 193 Å². The average molecular weight is 1470 g/mol. The molecule has 0 aromatic heterocycles. The number of carbonyl (C=O) groups excluding carboxylic acids is 4. The molecule has 584 valence electrons. The predicted octanol–water partition coefficient (Wildman–Crippen LogP) is 22.9. The van der Waals surface area contributed by atoms with Crippen molar-refractivity contribution < 1.29 is 80.2 Å². The van der Waals surface area contributed by atoms with Gasteiger partial charge in [0.15, 0.2) is 12.2 Å². The third kappa shape index (κ3) is 73.5. The minimum absolute atomic E-state index is 0.0672. The SMILES string of the molecule is CC/C=C\C/C=C\C/C=C\C/C=C\C/C=C\CCCCCC(=O)OCC(COP(=O)(O)OCC(O)COP(=O)(O)OCC(COC(=O)CCCCCCC/C=C\CCCCCC)OC(=O)CCCCCCC/C=C\CCCC)OC(=O)CCCCCCCC/C=C\C/C=C\C/C=C\C/C=C\CC. The third-order valence-corrected chi connectivity index (χ3v) is 18.0. The second-order valence-electron chi connectivity index (χ2n) is 25.9. The van der Waals surface area contributed by atoms with E-state index < -0.39 is 97.5 Å². The van der Waals surface area contributed by atoms with Crippen LogP contribution < -0.4 is 0 Å². The smallest absolute Gasteiger partial charge is 0.462 e. The Morgan fingerprint density at radius 1 is 0.284 bits per heavy atom. The fraction of sp³-hybridized carbons (Fsp3) is 0.687. The summed E-state index contributed by atoms with van der Waals surface area (Å²) < 4.78 is 68.5. The Kier molecular flexibility index (Phi) is 71.0. The molecule has 0 heterocycles. The van der Waals surface area contributed by atoms with E-state index in [1.54, 1.807) is 0 Å². The van der Waals surface area contributed by atoms with Crippen molar-refractivity contribution in [3.05, 3.63) is 134 Å². The van der Waals surface area contributed by atoms with Crippen LogP contribution in [0.5, 0.6) is 0 Å². The summed E-state index contributed by atoms with van der Waals surface area (Å²) in [7, 11) is -9.97. The lowest BCUT2D eigenvalue weighted by Gasteiger charge is -2.21. The highest BCUT2D eigenvalue weighted by Gasteiger charge is 2.30. The molecular weight excluding hydrogens is 1330 g/mol. The molecule has 0 radical (unpaired) electrons. The van der Waals surface area contributed by atoms with Gasteiger partial charge in [0.2, 0.25) is 0 Å². The van der Waals surface area contributed by atoms with Crippen molar-refractivity contribution in [2.45, 2.75) is 329 Å². The van der Waals surface area contributed by atoms with Gasteiger partial charge >= 0.3 is 39.5 Å². The van der Waals surface area contributed by atoms with Gasteiger partial charge in [0.05, 0.1) is 26.4 Å². The van der Waals surface area contributed by atoms with Crippen molar-refractivity contribution in [3.8, 4) is 0 Å². The van der Waals surface area contributed by atoms with Crippen LogP contribution in [0, 0.1) is 0 Å². The maximum absolute atomic E-state index is 13.1. The van der Waals surface area contributed by atoms with Crippen LogP contribution >= 0.6 is 15.6 Å². The summed E-state index contributed by atoms with van der Waals surface area (Å²) in [6.07, 6.45) is 82.9. The standard InChI is InChI=1S/C83H140O17P2/c1-5-9-13-17-21-25-29-32-34-36-38-40-42-45-49-52-56-60-64-68-81(86)94-74-79(100-83(88)70-66-62-58-54-50-46-43-41-39-37-35-33-30-26-22-18-14-10-6-2)76-98-102(91,92)96-72-77(84)71-95-101(89,90)97-75-78(99-82(87)69-65-61-57-53-47-28-24-20-16-12-8-4)73-93-80(85)67-63-59-55-51-48-44-31-27-23-19-15-11-7-3/h9-10,13-14,20-22,24-27,31-35,38-41,45,49,77-79,84H,5-8,11-12,15-19,23,28-30,36-37,42-44,46-48,50-76H2,1-4H3,(H,89,90)(H,91,92)/b13-9-,14-10-,24-20-,25-21-,26-22-,31-27-,34-32-,35-33-,40-38-,41-39-,49-45-. The van der Waals surface area contributed by atoms with Crippen molar-refractivity contribution >= 4 is 39.5 Å². The van der Waals surface area contributed by atoms with Gasteiger partial charge in [0.25, 0.3) is 0 Å². The number of unbranched alkanes of at least 4 members (excludes halogenated alkanes) is 25. The summed E-state index contributed by atoms with van der Waals surface area (Å²) in [6, 6.07) is 0.